The number of rotatable bonds is 3. The van der Waals surface area contributed by atoms with Gasteiger partial charge in [0.2, 0.25) is 0 Å². The van der Waals surface area contributed by atoms with Crippen molar-refractivity contribution >= 4 is 21.7 Å². The molecule has 1 aliphatic heterocycles. The first kappa shape index (κ1) is 12.6. The Hall–Kier alpha value is -0.880. The minimum atomic E-state index is -0.145. The Labute approximate surface area is 108 Å². The van der Waals surface area contributed by atoms with E-state index in [1.165, 1.54) is 6.33 Å². The highest BCUT2D eigenvalue weighted by atomic mass is 79.9. The highest BCUT2D eigenvalue weighted by molar-refractivity contribution is 9.10. The van der Waals surface area contributed by atoms with Crippen molar-refractivity contribution in [2.45, 2.75) is 25.9 Å². The third-order valence-corrected chi connectivity index (χ3v) is 3.57. The minimum absolute atomic E-state index is 0.145. The summed E-state index contributed by atoms with van der Waals surface area (Å²) in [6, 6.07) is 0. The molecule has 5 nitrogen and oxygen atoms in total. The molecule has 1 unspecified atom stereocenters. The summed E-state index contributed by atoms with van der Waals surface area (Å²) in [6.07, 6.45) is 3.81. The Morgan fingerprint density at radius 2 is 2.53 bits per heavy atom. The number of aromatic amines is 1. The first-order chi connectivity index (χ1) is 8.22. The zero-order chi connectivity index (χ0) is 12.3. The number of nitrogens with one attached hydrogen (secondary N) is 1. The summed E-state index contributed by atoms with van der Waals surface area (Å²) in [5.74, 6) is 0.707. The third-order valence-electron chi connectivity index (χ3n) is 2.86. The molecule has 2 rings (SSSR count). The van der Waals surface area contributed by atoms with Crippen LogP contribution in [0.2, 0.25) is 0 Å². The average molecular weight is 302 g/mol. The monoisotopic (exact) mass is 301 g/mol. The van der Waals surface area contributed by atoms with Crippen molar-refractivity contribution in [3.8, 4) is 0 Å². The highest BCUT2D eigenvalue weighted by Gasteiger charge is 2.23. The third kappa shape index (κ3) is 2.87. The molecule has 17 heavy (non-hydrogen) atoms. The van der Waals surface area contributed by atoms with E-state index < -0.39 is 0 Å². The van der Waals surface area contributed by atoms with Crippen LogP contribution in [0.5, 0.6) is 0 Å². The number of ether oxygens (including phenoxy) is 1. The van der Waals surface area contributed by atoms with E-state index >= 15 is 0 Å². The molecule has 94 valence electrons. The highest BCUT2D eigenvalue weighted by Crippen LogP contribution is 2.23. The van der Waals surface area contributed by atoms with Crippen LogP contribution in [-0.4, -0.2) is 35.8 Å². The quantitative estimate of drug-likeness (QED) is 0.920. The van der Waals surface area contributed by atoms with Gasteiger partial charge in [0.1, 0.15) is 10.3 Å². The second-order valence-electron chi connectivity index (χ2n) is 4.03. The van der Waals surface area contributed by atoms with E-state index in [0.717, 1.165) is 32.5 Å². The molecule has 1 N–H and O–H groups in total. The molecule has 0 radical (unpaired) electrons. The van der Waals surface area contributed by atoms with Crippen LogP contribution >= 0.6 is 15.9 Å². The van der Waals surface area contributed by atoms with Crippen LogP contribution in [0.15, 0.2) is 15.6 Å². The van der Waals surface area contributed by atoms with Crippen LogP contribution in [-0.2, 0) is 4.74 Å². The van der Waals surface area contributed by atoms with Crippen molar-refractivity contribution < 1.29 is 4.74 Å². The summed E-state index contributed by atoms with van der Waals surface area (Å²) in [5.41, 5.74) is -0.145. The van der Waals surface area contributed by atoms with Gasteiger partial charge in [0, 0.05) is 19.7 Å². The summed E-state index contributed by atoms with van der Waals surface area (Å²) in [6.45, 7) is 4.43. The standard InChI is InChI=1S/C11H16BrN3O2/c1-2-17-8-4-3-5-15(6-8)10-9(12)11(16)14-7-13-10/h7-8H,2-6H2,1H3,(H,13,14,16). The molecule has 1 aliphatic rings. The van der Waals surface area contributed by atoms with Crippen LogP contribution < -0.4 is 10.5 Å². The van der Waals surface area contributed by atoms with Crippen molar-refractivity contribution in [2.75, 3.05) is 24.6 Å². The molecule has 1 fully saturated rings. The van der Waals surface area contributed by atoms with Gasteiger partial charge in [-0.05, 0) is 35.7 Å². The van der Waals surface area contributed by atoms with Crippen molar-refractivity contribution in [3.05, 3.63) is 21.2 Å². The first-order valence-electron chi connectivity index (χ1n) is 5.82. The van der Waals surface area contributed by atoms with Crippen molar-refractivity contribution in [3.63, 3.8) is 0 Å². The molecule has 1 aromatic rings. The van der Waals surface area contributed by atoms with Gasteiger partial charge < -0.3 is 14.6 Å². The lowest BCUT2D eigenvalue weighted by Gasteiger charge is -2.33. The Bertz CT molecular complexity index is 433. The van der Waals surface area contributed by atoms with Gasteiger partial charge in [0.25, 0.3) is 5.56 Å². The summed E-state index contributed by atoms with van der Waals surface area (Å²) in [7, 11) is 0. The number of anilines is 1. The SMILES string of the molecule is CCOC1CCCN(c2nc[nH]c(=O)c2Br)C1. The Morgan fingerprint density at radius 3 is 3.29 bits per heavy atom. The van der Waals surface area contributed by atoms with Crippen molar-refractivity contribution in [1.82, 2.24) is 9.97 Å². The fourth-order valence-electron chi connectivity index (χ4n) is 2.10. The molecular weight excluding hydrogens is 286 g/mol. The molecule has 0 aromatic carbocycles. The molecule has 1 saturated heterocycles. The second-order valence-corrected chi connectivity index (χ2v) is 4.83. The lowest BCUT2D eigenvalue weighted by atomic mass is 10.1. The van der Waals surface area contributed by atoms with E-state index in [2.05, 4.69) is 30.8 Å². The van der Waals surface area contributed by atoms with E-state index in [1.807, 2.05) is 6.92 Å². The van der Waals surface area contributed by atoms with Crippen molar-refractivity contribution in [1.29, 1.82) is 0 Å². The van der Waals surface area contributed by atoms with Gasteiger partial charge in [-0.2, -0.15) is 0 Å². The molecule has 0 bridgehead atoms. The minimum Gasteiger partial charge on any atom is -0.377 e. The maximum atomic E-state index is 11.5. The molecule has 2 heterocycles. The number of aromatic nitrogens is 2. The fourth-order valence-corrected chi connectivity index (χ4v) is 2.56. The van der Waals surface area contributed by atoms with E-state index in [-0.39, 0.29) is 11.7 Å². The summed E-state index contributed by atoms with van der Waals surface area (Å²) in [5, 5.41) is 0. The smallest absolute Gasteiger partial charge is 0.267 e. The van der Waals surface area contributed by atoms with Gasteiger partial charge in [-0.1, -0.05) is 0 Å². The zero-order valence-electron chi connectivity index (χ0n) is 9.78. The number of hydrogen-bond donors (Lipinski definition) is 1. The summed E-state index contributed by atoms with van der Waals surface area (Å²) in [4.78, 5) is 20.4. The maximum absolute atomic E-state index is 11.5. The largest absolute Gasteiger partial charge is 0.377 e. The van der Waals surface area contributed by atoms with Gasteiger partial charge in [0.15, 0.2) is 0 Å². The van der Waals surface area contributed by atoms with Crippen molar-refractivity contribution in [2.24, 2.45) is 0 Å². The maximum Gasteiger partial charge on any atom is 0.267 e. The summed E-state index contributed by atoms with van der Waals surface area (Å²) < 4.78 is 6.13. The Kier molecular flexibility index (Phi) is 4.17. The molecule has 1 atom stereocenters. The predicted octanol–water partition coefficient (Wildman–Crippen LogP) is 1.54. The predicted molar refractivity (Wildman–Crippen MR) is 69.4 cm³/mol. The van der Waals surface area contributed by atoms with Crippen LogP contribution in [0.4, 0.5) is 5.82 Å². The normalized spacial score (nSPS) is 20.6. The number of nitrogens with zero attached hydrogens (tertiary/aromatic N) is 2. The Morgan fingerprint density at radius 1 is 1.71 bits per heavy atom. The number of piperidine rings is 1. The van der Waals surface area contributed by atoms with Gasteiger partial charge in [0.05, 0.1) is 12.4 Å². The summed E-state index contributed by atoms with van der Waals surface area (Å²) >= 11 is 3.29. The number of H-pyrrole nitrogens is 1. The fraction of sp³-hybridized carbons (Fsp3) is 0.636. The van der Waals surface area contributed by atoms with E-state index in [9.17, 15) is 4.79 Å². The van der Waals surface area contributed by atoms with Gasteiger partial charge in [-0.3, -0.25) is 4.79 Å². The second kappa shape index (κ2) is 5.64. The van der Waals surface area contributed by atoms with Crippen LogP contribution in [0.1, 0.15) is 19.8 Å². The molecule has 1 aromatic heterocycles. The average Bonchev–Trinajstić information content (AvgIpc) is 2.33. The van der Waals surface area contributed by atoms with Crippen LogP contribution in [0.3, 0.4) is 0 Å². The molecular formula is C11H16BrN3O2. The van der Waals surface area contributed by atoms with Crippen LogP contribution in [0, 0.1) is 0 Å². The number of hydrogen-bond acceptors (Lipinski definition) is 4. The van der Waals surface area contributed by atoms with Crippen LogP contribution in [0.25, 0.3) is 0 Å². The van der Waals surface area contributed by atoms with E-state index in [0.29, 0.717) is 10.3 Å². The molecule has 0 spiro atoms. The van der Waals surface area contributed by atoms with Gasteiger partial charge in [-0.25, -0.2) is 4.98 Å². The molecule has 0 amide bonds. The van der Waals surface area contributed by atoms with E-state index in [4.69, 9.17) is 4.74 Å². The number of halogens is 1. The lowest BCUT2D eigenvalue weighted by molar-refractivity contribution is 0.0525. The molecule has 0 aliphatic carbocycles. The lowest BCUT2D eigenvalue weighted by Crippen LogP contribution is -2.41. The van der Waals surface area contributed by atoms with Gasteiger partial charge in [-0.15, -0.1) is 0 Å². The first-order valence-corrected chi connectivity index (χ1v) is 6.61. The molecule has 0 saturated carbocycles. The van der Waals surface area contributed by atoms with E-state index in [1.54, 1.807) is 0 Å². The topological polar surface area (TPSA) is 58.2 Å². The molecule has 6 heteroatoms. The zero-order valence-corrected chi connectivity index (χ0v) is 11.4. The van der Waals surface area contributed by atoms with Gasteiger partial charge >= 0.3 is 0 Å². The Balaban J connectivity index is 2.16.